The predicted molar refractivity (Wildman–Crippen MR) is 95.2 cm³/mol. The van der Waals surface area contributed by atoms with Gasteiger partial charge in [0.1, 0.15) is 0 Å². The Balaban J connectivity index is 1.67. The minimum absolute atomic E-state index is 0.0331. The maximum atomic E-state index is 12.6. The van der Waals surface area contributed by atoms with E-state index in [2.05, 4.69) is 24.4 Å². The van der Waals surface area contributed by atoms with Gasteiger partial charge in [0.2, 0.25) is 0 Å². The van der Waals surface area contributed by atoms with Crippen molar-refractivity contribution < 1.29 is 9.72 Å². The first kappa shape index (κ1) is 17.0. The van der Waals surface area contributed by atoms with Gasteiger partial charge in [-0.15, -0.1) is 0 Å². The highest BCUT2D eigenvalue weighted by molar-refractivity contribution is 5.75. The number of carbonyl (C=O) groups is 1. The Hall–Kier alpha value is -2.89. The molecule has 1 saturated heterocycles. The molecule has 1 unspecified atom stereocenters. The Labute approximate surface area is 146 Å². The number of non-ortho nitro benzene ring substituents is 1. The maximum Gasteiger partial charge on any atom is 0.318 e. The minimum atomic E-state index is -0.431. The fourth-order valence-corrected chi connectivity index (χ4v) is 3.35. The summed E-state index contributed by atoms with van der Waals surface area (Å²) in [6.45, 7) is 3.06. The van der Waals surface area contributed by atoms with E-state index >= 15 is 0 Å². The number of amides is 2. The van der Waals surface area contributed by atoms with Crippen LogP contribution in [0.1, 0.15) is 35.6 Å². The topological polar surface area (TPSA) is 75.5 Å². The second-order valence-corrected chi connectivity index (χ2v) is 6.29. The van der Waals surface area contributed by atoms with Crippen LogP contribution < -0.4 is 5.32 Å². The Morgan fingerprint density at radius 1 is 1.28 bits per heavy atom. The van der Waals surface area contributed by atoms with Crippen LogP contribution in [-0.2, 0) is 6.54 Å². The van der Waals surface area contributed by atoms with E-state index in [1.165, 1.54) is 23.3 Å². The molecule has 0 bridgehead atoms. The van der Waals surface area contributed by atoms with Crippen LogP contribution in [0.25, 0.3) is 0 Å². The van der Waals surface area contributed by atoms with Gasteiger partial charge in [-0.3, -0.25) is 10.1 Å². The molecular formula is C19H21N3O3. The molecule has 25 heavy (non-hydrogen) atoms. The molecule has 1 atom stereocenters. The van der Waals surface area contributed by atoms with E-state index in [1.807, 2.05) is 17.0 Å². The van der Waals surface area contributed by atoms with Crippen molar-refractivity contribution in [3.63, 3.8) is 0 Å². The summed E-state index contributed by atoms with van der Waals surface area (Å²) in [5, 5.41) is 13.7. The van der Waals surface area contributed by atoms with Gasteiger partial charge >= 0.3 is 6.03 Å². The van der Waals surface area contributed by atoms with Crippen molar-refractivity contribution in [1.82, 2.24) is 10.2 Å². The lowest BCUT2D eigenvalue weighted by Crippen LogP contribution is -2.39. The third-order valence-electron chi connectivity index (χ3n) is 4.63. The van der Waals surface area contributed by atoms with Gasteiger partial charge in [0, 0.05) is 25.2 Å². The first-order chi connectivity index (χ1) is 12.1. The number of nitro benzene ring substituents is 1. The van der Waals surface area contributed by atoms with Gasteiger partial charge in [-0.1, -0.05) is 36.4 Å². The Bertz CT molecular complexity index is 791. The van der Waals surface area contributed by atoms with Crippen LogP contribution in [0.2, 0.25) is 0 Å². The SMILES string of the molecule is Cc1ccccc1C1CCCN1C(=O)NCc1cccc([N+](=O)[O-])c1. The van der Waals surface area contributed by atoms with Crippen molar-refractivity contribution in [3.05, 3.63) is 75.3 Å². The fourth-order valence-electron chi connectivity index (χ4n) is 3.35. The van der Waals surface area contributed by atoms with Gasteiger partial charge in [0.15, 0.2) is 0 Å². The average molecular weight is 339 g/mol. The summed E-state index contributed by atoms with van der Waals surface area (Å²) in [4.78, 5) is 24.9. The summed E-state index contributed by atoms with van der Waals surface area (Å²) in [5.41, 5.74) is 3.12. The number of hydrogen-bond acceptors (Lipinski definition) is 3. The van der Waals surface area contributed by atoms with E-state index in [-0.39, 0.29) is 24.3 Å². The van der Waals surface area contributed by atoms with Crippen molar-refractivity contribution in [2.75, 3.05) is 6.54 Å². The number of nitrogens with one attached hydrogen (secondary N) is 1. The van der Waals surface area contributed by atoms with Crippen LogP contribution in [0, 0.1) is 17.0 Å². The first-order valence-corrected chi connectivity index (χ1v) is 8.39. The smallest absolute Gasteiger partial charge is 0.318 e. The van der Waals surface area contributed by atoms with E-state index < -0.39 is 4.92 Å². The summed E-state index contributed by atoms with van der Waals surface area (Å²) in [6.07, 6.45) is 1.93. The fraction of sp³-hybridized carbons (Fsp3) is 0.316. The maximum absolute atomic E-state index is 12.6. The molecule has 1 fully saturated rings. The molecule has 0 aromatic heterocycles. The number of benzene rings is 2. The summed E-state index contributed by atoms with van der Waals surface area (Å²) in [7, 11) is 0. The first-order valence-electron chi connectivity index (χ1n) is 8.39. The summed E-state index contributed by atoms with van der Waals surface area (Å²) in [6, 6.07) is 14.4. The van der Waals surface area contributed by atoms with Crippen molar-refractivity contribution >= 4 is 11.7 Å². The van der Waals surface area contributed by atoms with Crippen molar-refractivity contribution in [3.8, 4) is 0 Å². The Morgan fingerprint density at radius 2 is 2.08 bits per heavy atom. The summed E-state index contributed by atoms with van der Waals surface area (Å²) in [5.74, 6) is 0. The number of urea groups is 1. The van der Waals surface area contributed by atoms with Crippen molar-refractivity contribution in [1.29, 1.82) is 0 Å². The van der Waals surface area contributed by atoms with Crippen LogP contribution in [0.15, 0.2) is 48.5 Å². The van der Waals surface area contributed by atoms with E-state index in [0.717, 1.165) is 19.4 Å². The lowest BCUT2D eigenvalue weighted by atomic mass is 9.99. The highest BCUT2D eigenvalue weighted by Crippen LogP contribution is 2.33. The summed E-state index contributed by atoms with van der Waals surface area (Å²) < 4.78 is 0. The monoisotopic (exact) mass is 339 g/mol. The standard InChI is InChI=1S/C19H21N3O3/c1-14-6-2-3-9-17(14)18-10-5-11-21(18)19(23)20-13-15-7-4-8-16(12-15)22(24)25/h2-4,6-9,12,18H,5,10-11,13H2,1H3,(H,20,23). The normalized spacial score (nSPS) is 16.7. The van der Waals surface area contributed by atoms with Gasteiger partial charge in [-0.05, 0) is 36.5 Å². The molecule has 0 spiro atoms. The van der Waals surface area contributed by atoms with Crippen LogP contribution in [-0.4, -0.2) is 22.4 Å². The highest BCUT2D eigenvalue weighted by Gasteiger charge is 2.30. The van der Waals surface area contributed by atoms with Crippen molar-refractivity contribution in [2.45, 2.75) is 32.4 Å². The largest absolute Gasteiger partial charge is 0.334 e. The molecule has 6 heteroatoms. The molecule has 0 aliphatic carbocycles. The number of carbonyl (C=O) groups excluding carboxylic acids is 1. The van der Waals surface area contributed by atoms with Gasteiger partial charge in [-0.25, -0.2) is 4.79 Å². The highest BCUT2D eigenvalue weighted by atomic mass is 16.6. The molecule has 2 aromatic carbocycles. The van der Waals surface area contributed by atoms with Crippen LogP contribution >= 0.6 is 0 Å². The molecule has 0 radical (unpaired) electrons. The average Bonchev–Trinajstić information content (AvgIpc) is 3.10. The number of aryl methyl sites for hydroxylation is 1. The molecule has 1 heterocycles. The molecule has 2 amide bonds. The second-order valence-electron chi connectivity index (χ2n) is 6.29. The third kappa shape index (κ3) is 3.79. The molecule has 1 N–H and O–H groups in total. The van der Waals surface area contributed by atoms with Gasteiger partial charge in [-0.2, -0.15) is 0 Å². The van der Waals surface area contributed by atoms with Gasteiger partial charge < -0.3 is 10.2 Å². The quantitative estimate of drug-likeness (QED) is 0.677. The molecular weight excluding hydrogens is 318 g/mol. The Morgan fingerprint density at radius 3 is 2.84 bits per heavy atom. The van der Waals surface area contributed by atoms with E-state index in [4.69, 9.17) is 0 Å². The van der Waals surface area contributed by atoms with E-state index in [1.54, 1.807) is 12.1 Å². The van der Waals surface area contributed by atoms with E-state index in [0.29, 0.717) is 5.56 Å². The third-order valence-corrected chi connectivity index (χ3v) is 4.63. The van der Waals surface area contributed by atoms with Crippen molar-refractivity contribution in [2.24, 2.45) is 0 Å². The zero-order chi connectivity index (χ0) is 17.8. The van der Waals surface area contributed by atoms with E-state index in [9.17, 15) is 14.9 Å². The molecule has 3 rings (SSSR count). The number of hydrogen-bond donors (Lipinski definition) is 1. The molecule has 2 aromatic rings. The zero-order valence-electron chi connectivity index (χ0n) is 14.1. The molecule has 0 saturated carbocycles. The molecule has 1 aliphatic rings. The molecule has 6 nitrogen and oxygen atoms in total. The predicted octanol–water partition coefficient (Wildman–Crippen LogP) is 3.95. The van der Waals surface area contributed by atoms with Crippen LogP contribution in [0.5, 0.6) is 0 Å². The minimum Gasteiger partial charge on any atom is -0.334 e. The number of nitro groups is 1. The lowest BCUT2D eigenvalue weighted by Gasteiger charge is -2.26. The molecule has 1 aliphatic heterocycles. The number of likely N-dealkylation sites (tertiary alicyclic amines) is 1. The summed E-state index contributed by atoms with van der Waals surface area (Å²) >= 11 is 0. The number of nitrogens with zero attached hydrogens (tertiary/aromatic N) is 2. The van der Waals surface area contributed by atoms with Gasteiger partial charge in [0.25, 0.3) is 5.69 Å². The van der Waals surface area contributed by atoms with Gasteiger partial charge in [0.05, 0.1) is 11.0 Å². The van der Waals surface area contributed by atoms with Crippen LogP contribution in [0.4, 0.5) is 10.5 Å². The Kier molecular flexibility index (Phi) is 4.97. The second kappa shape index (κ2) is 7.34. The molecule has 130 valence electrons. The number of rotatable bonds is 4. The van der Waals surface area contributed by atoms with Crippen LogP contribution in [0.3, 0.4) is 0 Å². The zero-order valence-corrected chi connectivity index (χ0v) is 14.1. The lowest BCUT2D eigenvalue weighted by molar-refractivity contribution is -0.384.